The highest BCUT2D eigenvalue weighted by atomic mass is 32.2. The number of esters is 1. The maximum absolute atomic E-state index is 13.2. The number of cyclic esters (lactones) is 1. The van der Waals surface area contributed by atoms with Gasteiger partial charge in [-0.05, 0) is 30.2 Å². The minimum Gasteiger partial charge on any atom is -0.497 e. The van der Waals surface area contributed by atoms with Crippen LogP contribution in [0, 0.1) is 0 Å². The third-order valence-corrected chi connectivity index (χ3v) is 6.78. The molecule has 0 unspecified atom stereocenters. The second-order valence-corrected chi connectivity index (χ2v) is 8.64. The number of carbonyl (C=O) groups is 2. The highest BCUT2D eigenvalue weighted by Gasteiger charge is 2.41. The number of ether oxygens (including phenoxy) is 3. The van der Waals surface area contributed by atoms with Crippen LogP contribution in [0.2, 0.25) is 0 Å². The molecule has 1 amide bonds. The molecule has 1 aliphatic heterocycles. The van der Waals surface area contributed by atoms with Crippen molar-refractivity contribution in [3.8, 4) is 5.75 Å². The zero-order valence-corrected chi connectivity index (χ0v) is 18.1. The molecule has 0 N–H and O–H groups in total. The highest BCUT2D eigenvalue weighted by molar-refractivity contribution is 7.87. The Morgan fingerprint density at radius 3 is 2.42 bits per heavy atom. The lowest BCUT2D eigenvalue weighted by molar-refractivity contribution is -0.145. The van der Waals surface area contributed by atoms with Crippen molar-refractivity contribution in [3.63, 3.8) is 0 Å². The standard InChI is InChI=1S/C21H24N2O7S/c1-16(18-8-10-19(28-2)11-9-18)23(31(26,27)22-12-13-29-21(22)25)14-20(24)30-15-17-6-4-3-5-7-17/h3-11,16H,12-15H2,1-2H3/t16-/m0/s1. The van der Waals surface area contributed by atoms with Crippen LogP contribution in [0.4, 0.5) is 4.79 Å². The van der Waals surface area contributed by atoms with Gasteiger partial charge in [0.1, 0.15) is 25.5 Å². The van der Waals surface area contributed by atoms with Gasteiger partial charge in [-0.2, -0.15) is 17.0 Å². The summed E-state index contributed by atoms with van der Waals surface area (Å²) in [4.78, 5) is 24.5. The normalized spacial score (nSPS) is 14.9. The Balaban J connectivity index is 1.82. The number of hydrogen-bond acceptors (Lipinski definition) is 7. The van der Waals surface area contributed by atoms with Crippen molar-refractivity contribution in [1.29, 1.82) is 0 Å². The summed E-state index contributed by atoms with van der Waals surface area (Å²) in [6.45, 7) is 0.918. The van der Waals surface area contributed by atoms with Crippen molar-refractivity contribution < 1.29 is 32.2 Å². The van der Waals surface area contributed by atoms with Gasteiger partial charge in [0.2, 0.25) is 0 Å². The van der Waals surface area contributed by atoms with Gasteiger partial charge in [0, 0.05) is 6.04 Å². The largest absolute Gasteiger partial charge is 0.497 e. The van der Waals surface area contributed by atoms with Gasteiger partial charge in [-0.25, -0.2) is 4.79 Å². The fraction of sp³-hybridized carbons (Fsp3) is 0.333. The Morgan fingerprint density at radius 2 is 1.84 bits per heavy atom. The van der Waals surface area contributed by atoms with Gasteiger partial charge in [-0.1, -0.05) is 42.5 Å². The van der Waals surface area contributed by atoms with E-state index in [9.17, 15) is 18.0 Å². The number of methoxy groups -OCH3 is 1. The molecule has 0 spiro atoms. The number of hydrogen-bond donors (Lipinski definition) is 0. The lowest BCUT2D eigenvalue weighted by Crippen LogP contribution is -2.47. The lowest BCUT2D eigenvalue weighted by Gasteiger charge is -2.30. The summed E-state index contributed by atoms with van der Waals surface area (Å²) in [7, 11) is -2.81. The van der Waals surface area contributed by atoms with E-state index in [4.69, 9.17) is 14.2 Å². The summed E-state index contributed by atoms with van der Waals surface area (Å²) in [5.41, 5.74) is 1.39. The van der Waals surface area contributed by atoms with E-state index in [1.165, 1.54) is 7.11 Å². The fourth-order valence-corrected chi connectivity index (χ4v) is 4.68. The number of rotatable bonds is 9. The average molecular weight is 448 g/mol. The first kappa shape index (κ1) is 22.6. The molecule has 2 aromatic carbocycles. The second-order valence-electron chi connectivity index (χ2n) is 6.83. The van der Waals surface area contributed by atoms with Gasteiger partial charge in [0.05, 0.1) is 13.7 Å². The number of carbonyl (C=O) groups excluding carboxylic acids is 2. The monoisotopic (exact) mass is 448 g/mol. The zero-order valence-electron chi connectivity index (χ0n) is 17.3. The number of benzene rings is 2. The lowest BCUT2D eigenvalue weighted by atomic mass is 10.1. The van der Waals surface area contributed by atoms with Crippen molar-refractivity contribution in [1.82, 2.24) is 8.61 Å². The molecule has 166 valence electrons. The van der Waals surface area contributed by atoms with Crippen molar-refractivity contribution in [2.45, 2.75) is 19.6 Å². The molecule has 10 heteroatoms. The molecule has 1 saturated heterocycles. The quantitative estimate of drug-likeness (QED) is 0.543. The zero-order chi connectivity index (χ0) is 22.4. The molecule has 2 aromatic rings. The van der Waals surface area contributed by atoms with Crippen LogP contribution in [0.25, 0.3) is 0 Å². The third-order valence-electron chi connectivity index (χ3n) is 4.86. The molecule has 1 atom stereocenters. The SMILES string of the molecule is COc1ccc([C@H](C)N(CC(=O)OCc2ccccc2)S(=O)(=O)N2CCOC2=O)cc1. The maximum Gasteiger partial charge on any atom is 0.424 e. The highest BCUT2D eigenvalue weighted by Crippen LogP contribution is 2.28. The minimum absolute atomic E-state index is 0.0102. The van der Waals surface area contributed by atoms with Crippen molar-refractivity contribution in [3.05, 3.63) is 65.7 Å². The molecular weight excluding hydrogens is 424 g/mol. The smallest absolute Gasteiger partial charge is 0.424 e. The fourth-order valence-electron chi connectivity index (χ4n) is 3.09. The van der Waals surface area contributed by atoms with Crippen LogP contribution in [0.15, 0.2) is 54.6 Å². The van der Waals surface area contributed by atoms with E-state index in [0.29, 0.717) is 15.6 Å². The predicted octanol–water partition coefficient (Wildman–Crippen LogP) is 2.50. The Hall–Kier alpha value is -3.11. The Morgan fingerprint density at radius 1 is 1.16 bits per heavy atom. The molecule has 1 aliphatic rings. The van der Waals surface area contributed by atoms with E-state index < -0.39 is 34.9 Å². The average Bonchev–Trinajstić information content (AvgIpc) is 3.23. The summed E-state index contributed by atoms with van der Waals surface area (Å²) in [6, 6.07) is 15.1. The van der Waals surface area contributed by atoms with Crippen LogP contribution in [0.3, 0.4) is 0 Å². The maximum atomic E-state index is 13.2. The molecule has 0 bridgehead atoms. The first-order valence-electron chi connectivity index (χ1n) is 9.62. The van der Waals surface area contributed by atoms with Gasteiger partial charge < -0.3 is 14.2 Å². The van der Waals surface area contributed by atoms with E-state index in [1.807, 2.05) is 18.2 Å². The summed E-state index contributed by atoms with van der Waals surface area (Å²) >= 11 is 0. The van der Waals surface area contributed by atoms with E-state index >= 15 is 0 Å². The van der Waals surface area contributed by atoms with E-state index in [1.54, 1.807) is 43.3 Å². The van der Waals surface area contributed by atoms with Crippen LogP contribution in [-0.2, 0) is 31.1 Å². The van der Waals surface area contributed by atoms with Crippen LogP contribution in [-0.4, -0.2) is 55.9 Å². The Kier molecular flexibility index (Phi) is 7.13. The third kappa shape index (κ3) is 5.33. The predicted molar refractivity (Wildman–Crippen MR) is 111 cm³/mol. The first-order chi connectivity index (χ1) is 14.8. The van der Waals surface area contributed by atoms with Crippen LogP contribution < -0.4 is 4.74 Å². The first-order valence-corrected chi connectivity index (χ1v) is 11.0. The van der Waals surface area contributed by atoms with Gasteiger partial charge in [0.25, 0.3) is 0 Å². The Bertz CT molecular complexity index is 1010. The van der Waals surface area contributed by atoms with Crippen LogP contribution in [0.5, 0.6) is 5.75 Å². The van der Waals surface area contributed by atoms with Crippen LogP contribution >= 0.6 is 0 Å². The molecule has 31 heavy (non-hydrogen) atoms. The van der Waals surface area contributed by atoms with Crippen molar-refractivity contribution >= 4 is 22.3 Å². The second kappa shape index (κ2) is 9.80. The molecule has 0 saturated carbocycles. The van der Waals surface area contributed by atoms with Crippen molar-refractivity contribution in [2.24, 2.45) is 0 Å². The van der Waals surface area contributed by atoms with Gasteiger partial charge in [-0.15, -0.1) is 0 Å². The molecule has 0 radical (unpaired) electrons. The topological polar surface area (TPSA) is 102 Å². The molecular formula is C21H24N2O7S. The van der Waals surface area contributed by atoms with E-state index in [-0.39, 0.29) is 19.8 Å². The number of nitrogens with zero attached hydrogens (tertiary/aromatic N) is 2. The Labute approximate surface area is 181 Å². The summed E-state index contributed by atoms with van der Waals surface area (Å²) in [5.74, 6) is -0.129. The van der Waals surface area contributed by atoms with Crippen molar-refractivity contribution in [2.75, 3.05) is 26.8 Å². The summed E-state index contributed by atoms with van der Waals surface area (Å²) in [5, 5.41) is 0. The van der Waals surface area contributed by atoms with Gasteiger partial charge >= 0.3 is 22.3 Å². The molecule has 0 aliphatic carbocycles. The molecule has 0 aromatic heterocycles. The molecule has 9 nitrogen and oxygen atoms in total. The van der Waals surface area contributed by atoms with Crippen LogP contribution in [0.1, 0.15) is 24.1 Å². The van der Waals surface area contributed by atoms with E-state index in [2.05, 4.69) is 0 Å². The summed E-state index contributed by atoms with van der Waals surface area (Å²) < 4.78 is 43.2. The number of amides is 1. The minimum atomic E-state index is -4.33. The molecule has 1 fully saturated rings. The summed E-state index contributed by atoms with van der Waals surface area (Å²) in [6.07, 6.45) is -0.968. The molecule has 3 rings (SSSR count). The van der Waals surface area contributed by atoms with E-state index in [0.717, 1.165) is 9.87 Å². The van der Waals surface area contributed by atoms with Gasteiger partial charge in [-0.3, -0.25) is 4.79 Å². The van der Waals surface area contributed by atoms with Gasteiger partial charge in [0.15, 0.2) is 0 Å². The molecule has 1 heterocycles.